The summed E-state index contributed by atoms with van der Waals surface area (Å²) < 4.78 is 0. The summed E-state index contributed by atoms with van der Waals surface area (Å²) in [5.41, 5.74) is -0.697. The van der Waals surface area contributed by atoms with Crippen LogP contribution in [0.2, 0.25) is 0 Å². The Bertz CT molecular complexity index is 596. The number of hydrogen-bond acceptors (Lipinski definition) is 4. The maximum Gasteiger partial charge on any atom is 0.0728 e. The first-order valence-electron chi connectivity index (χ1n) is 4.55. The number of rotatable bonds is 2. The summed E-state index contributed by atoms with van der Waals surface area (Å²) in [6.07, 6.45) is 0. The lowest BCUT2D eigenvalue weighted by Crippen LogP contribution is -2.30. The largest absolute Gasteiger partial charge is 0.545 e. The van der Waals surface area contributed by atoms with Gasteiger partial charge >= 0.3 is 0 Å². The number of aromatic carboxylic acids is 2. The highest BCUT2D eigenvalue weighted by Gasteiger charge is 2.08. The highest BCUT2D eigenvalue weighted by molar-refractivity contribution is 6.10. The van der Waals surface area contributed by atoms with Crippen LogP contribution in [0.4, 0.5) is 0 Å². The van der Waals surface area contributed by atoms with Gasteiger partial charge < -0.3 is 32.1 Å². The second-order valence-electron chi connectivity index (χ2n) is 3.28. The van der Waals surface area contributed by atoms with E-state index in [1.54, 1.807) is 18.2 Å². The Labute approximate surface area is 103 Å². The van der Waals surface area contributed by atoms with E-state index in [0.29, 0.717) is 10.8 Å². The Hall–Kier alpha value is -2.44. The molecule has 0 atom stereocenters. The van der Waals surface area contributed by atoms with Crippen LogP contribution in [0.15, 0.2) is 36.4 Å². The van der Waals surface area contributed by atoms with Crippen LogP contribution in [-0.2, 0) is 0 Å². The van der Waals surface area contributed by atoms with E-state index in [-0.39, 0.29) is 23.4 Å². The first kappa shape index (κ1) is 15.6. The van der Waals surface area contributed by atoms with Crippen molar-refractivity contribution in [3.8, 4) is 0 Å². The molecule has 6 heteroatoms. The third-order valence-corrected chi connectivity index (χ3v) is 2.35. The Balaban J connectivity index is 0.00000144. The van der Waals surface area contributed by atoms with Crippen LogP contribution >= 0.6 is 0 Å². The molecule has 0 aliphatic heterocycles. The maximum absolute atomic E-state index is 10.9. The van der Waals surface area contributed by atoms with Crippen molar-refractivity contribution in [1.82, 2.24) is 12.3 Å². The van der Waals surface area contributed by atoms with Crippen molar-refractivity contribution in [1.29, 1.82) is 0 Å². The Morgan fingerprint density at radius 3 is 2.00 bits per heavy atom. The molecule has 8 N–H and O–H groups in total. The second-order valence-corrected chi connectivity index (χ2v) is 3.28. The summed E-state index contributed by atoms with van der Waals surface area (Å²) in [6, 6.07) is 9.34. The molecule has 0 aliphatic rings. The van der Waals surface area contributed by atoms with Crippen molar-refractivity contribution in [2.24, 2.45) is 0 Å². The van der Waals surface area contributed by atoms with Crippen molar-refractivity contribution in [3.63, 3.8) is 0 Å². The molecular weight excluding hydrogens is 236 g/mol. The quantitative estimate of drug-likeness (QED) is 0.787. The van der Waals surface area contributed by atoms with Gasteiger partial charge in [0.1, 0.15) is 0 Å². The summed E-state index contributed by atoms with van der Waals surface area (Å²) in [5, 5.41) is 22.7. The highest BCUT2D eigenvalue weighted by atomic mass is 16.4. The van der Waals surface area contributed by atoms with Gasteiger partial charge in [-0.2, -0.15) is 0 Å². The SMILES string of the molecule is O=C([O-])c1ccc2ccccc2c1C(=O)[O-].[NH4+].[NH4+]. The number of hydrogen-bond donors (Lipinski definition) is 2. The number of benzene rings is 2. The Morgan fingerprint density at radius 2 is 1.44 bits per heavy atom. The molecular formula is C12H14N2O4. The van der Waals surface area contributed by atoms with E-state index in [1.807, 2.05) is 0 Å². The fourth-order valence-electron chi connectivity index (χ4n) is 1.66. The van der Waals surface area contributed by atoms with Crippen molar-refractivity contribution in [2.45, 2.75) is 0 Å². The summed E-state index contributed by atoms with van der Waals surface area (Å²) in [5.74, 6) is -3.04. The molecule has 0 saturated heterocycles. The maximum atomic E-state index is 10.9. The third-order valence-electron chi connectivity index (χ3n) is 2.35. The van der Waals surface area contributed by atoms with Gasteiger partial charge in [0.25, 0.3) is 0 Å². The molecule has 0 amide bonds. The van der Waals surface area contributed by atoms with Gasteiger partial charge in [-0.15, -0.1) is 0 Å². The zero-order valence-corrected chi connectivity index (χ0v) is 10.1. The normalized spacial score (nSPS) is 9.11. The fourth-order valence-corrected chi connectivity index (χ4v) is 1.66. The number of carbonyl (C=O) groups is 2. The number of carbonyl (C=O) groups excluding carboxylic acids is 2. The van der Waals surface area contributed by atoms with Gasteiger partial charge in [-0.3, -0.25) is 0 Å². The van der Waals surface area contributed by atoms with Gasteiger partial charge in [-0.25, -0.2) is 0 Å². The number of fused-ring (bicyclic) bond motifs is 1. The van der Waals surface area contributed by atoms with E-state index in [2.05, 4.69) is 0 Å². The van der Waals surface area contributed by atoms with Crippen molar-refractivity contribution in [3.05, 3.63) is 47.5 Å². The van der Waals surface area contributed by atoms with Crippen LogP contribution in [0.25, 0.3) is 10.8 Å². The van der Waals surface area contributed by atoms with E-state index in [4.69, 9.17) is 0 Å². The average Bonchev–Trinajstić information content (AvgIpc) is 2.27. The summed E-state index contributed by atoms with van der Waals surface area (Å²) in [4.78, 5) is 21.7. The van der Waals surface area contributed by atoms with Crippen molar-refractivity contribution >= 4 is 22.7 Å². The molecule has 6 nitrogen and oxygen atoms in total. The van der Waals surface area contributed by atoms with E-state index in [9.17, 15) is 19.8 Å². The minimum Gasteiger partial charge on any atom is -0.545 e. The molecule has 0 aliphatic carbocycles. The molecule has 0 saturated carbocycles. The van der Waals surface area contributed by atoms with Crippen LogP contribution in [0.1, 0.15) is 20.7 Å². The summed E-state index contributed by atoms with van der Waals surface area (Å²) >= 11 is 0. The predicted octanol–water partition coefficient (Wildman–Crippen LogP) is 0.319. The van der Waals surface area contributed by atoms with Crippen molar-refractivity contribution in [2.75, 3.05) is 0 Å². The molecule has 0 radical (unpaired) electrons. The van der Waals surface area contributed by atoms with E-state index in [0.717, 1.165) is 0 Å². The van der Waals surface area contributed by atoms with E-state index in [1.165, 1.54) is 18.2 Å². The van der Waals surface area contributed by atoms with Gasteiger partial charge in [-0.05, 0) is 10.8 Å². The Morgan fingerprint density at radius 1 is 0.833 bits per heavy atom. The van der Waals surface area contributed by atoms with Crippen molar-refractivity contribution < 1.29 is 19.8 Å². The first-order chi connectivity index (χ1) is 7.61. The highest BCUT2D eigenvalue weighted by Crippen LogP contribution is 2.21. The van der Waals surface area contributed by atoms with Gasteiger partial charge in [0.15, 0.2) is 0 Å². The topological polar surface area (TPSA) is 153 Å². The first-order valence-corrected chi connectivity index (χ1v) is 4.55. The zero-order valence-electron chi connectivity index (χ0n) is 10.1. The standard InChI is InChI=1S/C12H8O4.2H3N/c13-11(14)9-6-5-7-3-1-2-4-8(7)10(9)12(15)16;;/h1-6H,(H,13,14)(H,15,16);2*1H3. The average molecular weight is 250 g/mol. The van der Waals surface area contributed by atoms with Gasteiger partial charge in [0.05, 0.1) is 11.9 Å². The molecule has 0 bridgehead atoms. The van der Waals surface area contributed by atoms with Crippen LogP contribution in [0, 0.1) is 0 Å². The van der Waals surface area contributed by atoms with E-state index < -0.39 is 11.9 Å². The third kappa shape index (κ3) is 2.45. The second kappa shape index (κ2) is 5.76. The molecule has 2 aromatic carbocycles. The smallest absolute Gasteiger partial charge is 0.0728 e. The molecule has 2 aromatic rings. The lowest BCUT2D eigenvalue weighted by molar-refractivity contribution is -0.259. The van der Waals surface area contributed by atoms with Gasteiger partial charge in [-0.1, -0.05) is 36.4 Å². The molecule has 0 spiro atoms. The lowest BCUT2D eigenvalue weighted by atomic mass is 9.99. The molecule has 0 fully saturated rings. The molecule has 96 valence electrons. The molecule has 2 rings (SSSR count). The van der Waals surface area contributed by atoms with Crippen LogP contribution < -0.4 is 22.5 Å². The van der Waals surface area contributed by atoms with E-state index >= 15 is 0 Å². The number of quaternary nitrogens is 2. The zero-order chi connectivity index (χ0) is 11.7. The van der Waals surface area contributed by atoms with Crippen LogP contribution in [0.5, 0.6) is 0 Å². The van der Waals surface area contributed by atoms with Gasteiger partial charge in [0, 0.05) is 11.1 Å². The van der Waals surface area contributed by atoms with Crippen LogP contribution in [-0.4, -0.2) is 11.9 Å². The molecule has 0 unspecified atom stereocenters. The Kier molecular flexibility index (Phi) is 4.98. The minimum absolute atomic E-state index is 0. The monoisotopic (exact) mass is 250 g/mol. The van der Waals surface area contributed by atoms with Crippen LogP contribution in [0.3, 0.4) is 0 Å². The lowest BCUT2D eigenvalue weighted by Gasteiger charge is -2.14. The minimum atomic E-state index is -1.52. The summed E-state index contributed by atoms with van der Waals surface area (Å²) in [6.45, 7) is 0. The molecule has 0 heterocycles. The number of carboxylic acid groups (broad SMARTS) is 2. The van der Waals surface area contributed by atoms with Gasteiger partial charge in [0.2, 0.25) is 0 Å². The fraction of sp³-hybridized carbons (Fsp3) is 0. The molecule has 0 aromatic heterocycles. The predicted molar refractivity (Wildman–Crippen MR) is 64.6 cm³/mol. The molecule has 18 heavy (non-hydrogen) atoms. The number of carboxylic acids is 2. The summed E-state index contributed by atoms with van der Waals surface area (Å²) in [7, 11) is 0.